The van der Waals surface area contributed by atoms with E-state index in [1.165, 1.54) is 17.2 Å². The molecule has 3 aliphatic rings. The molecule has 0 spiro atoms. The van der Waals surface area contributed by atoms with Crippen LogP contribution in [-0.4, -0.2) is 77.2 Å². The molecule has 8 nitrogen and oxygen atoms in total. The summed E-state index contributed by atoms with van der Waals surface area (Å²) in [7, 11) is 3.33. The topological polar surface area (TPSA) is 97.6 Å². The van der Waals surface area contributed by atoms with Gasteiger partial charge < -0.3 is 14.7 Å². The molecule has 1 aromatic rings. The maximum Gasteiger partial charge on any atom is 0.255 e. The van der Waals surface area contributed by atoms with Crippen molar-refractivity contribution in [1.82, 2.24) is 19.7 Å². The zero-order chi connectivity index (χ0) is 18.8. The van der Waals surface area contributed by atoms with Crippen LogP contribution in [-0.2, 0) is 9.59 Å². The van der Waals surface area contributed by atoms with E-state index < -0.39 is 0 Å². The number of rotatable bonds is 3. The number of aromatic nitrogens is 1. The van der Waals surface area contributed by atoms with Crippen molar-refractivity contribution in [1.29, 1.82) is 5.26 Å². The summed E-state index contributed by atoms with van der Waals surface area (Å²) < 4.78 is 0. The van der Waals surface area contributed by atoms with Crippen LogP contribution < -0.4 is 0 Å². The number of carbonyl (C=O) groups is 3. The largest absolute Gasteiger partial charge is 0.347 e. The van der Waals surface area contributed by atoms with E-state index in [9.17, 15) is 14.4 Å². The van der Waals surface area contributed by atoms with Gasteiger partial charge in [0.2, 0.25) is 11.8 Å². The monoisotopic (exact) mass is 355 g/mol. The molecule has 0 unspecified atom stereocenters. The summed E-state index contributed by atoms with van der Waals surface area (Å²) in [5.41, 5.74) is 0.648. The molecule has 26 heavy (non-hydrogen) atoms. The summed E-state index contributed by atoms with van der Waals surface area (Å²) in [6.07, 6.45) is 2.90. The summed E-state index contributed by atoms with van der Waals surface area (Å²) in [5, 5.41) is 8.82. The Morgan fingerprint density at radius 3 is 2.69 bits per heavy atom. The Balaban J connectivity index is 1.78. The van der Waals surface area contributed by atoms with Crippen molar-refractivity contribution < 1.29 is 14.4 Å². The van der Waals surface area contributed by atoms with Crippen LogP contribution in [0.5, 0.6) is 0 Å². The van der Waals surface area contributed by atoms with Gasteiger partial charge in [0.05, 0.1) is 11.5 Å². The number of pyridine rings is 1. The highest BCUT2D eigenvalue weighted by Crippen LogP contribution is 2.29. The highest BCUT2D eigenvalue weighted by Gasteiger charge is 2.42. The number of nitriles is 1. The molecule has 4 rings (SSSR count). The number of carbonyl (C=O) groups excluding carboxylic acids is 3. The number of piperidine rings is 1. The standard InChI is InChI=1S/C18H21N5O3/c1-21(2)16(24)11-23-15-6-4-13(18(23)26)9-22(10-15)17(25)12-3-5-14(7-19)20-8-12/h3,5,8,13,15H,4,6,9-11H2,1-2H3/t13-,15+/m1/s1. The fraction of sp³-hybridized carbons (Fsp3) is 0.500. The van der Waals surface area contributed by atoms with Gasteiger partial charge in [-0.1, -0.05) is 0 Å². The minimum absolute atomic E-state index is 0.0491. The lowest BCUT2D eigenvalue weighted by molar-refractivity contribution is -0.145. The Hall–Kier alpha value is -2.95. The molecule has 136 valence electrons. The summed E-state index contributed by atoms with van der Waals surface area (Å²) in [6.45, 7) is 0.802. The van der Waals surface area contributed by atoms with Crippen LogP contribution >= 0.6 is 0 Å². The molecule has 0 N–H and O–H groups in total. The SMILES string of the molecule is CN(C)C(=O)CN1C(=O)[C@@H]2CC[C@H]1CN(C(=O)c1ccc(C#N)nc1)C2. The third-order valence-electron chi connectivity index (χ3n) is 5.01. The first kappa shape index (κ1) is 17.9. The first-order valence-electron chi connectivity index (χ1n) is 8.56. The smallest absolute Gasteiger partial charge is 0.255 e. The lowest BCUT2D eigenvalue weighted by Gasteiger charge is -2.35. The van der Waals surface area contributed by atoms with Crippen LogP contribution in [0.1, 0.15) is 28.9 Å². The van der Waals surface area contributed by atoms with Gasteiger partial charge >= 0.3 is 0 Å². The molecule has 0 aromatic carbocycles. The predicted molar refractivity (Wildman–Crippen MR) is 91.8 cm³/mol. The summed E-state index contributed by atoms with van der Waals surface area (Å²) >= 11 is 0. The fourth-order valence-electron chi connectivity index (χ4n) is 3.47. The molecule has 2 bridgehead atoms. The molecule has 3 aliphatic heterocycles. The van der Waals surface area contributed by atoms with E-state index in [4.69, 9.17) is 5.26 Å². The van der Waals surface area contributed by atoms with Gasteiger partial charge in [-0.3, -0.25) is 14.4 Å². The van der Waals surface area contributed by atoms with Gasteiger partial charge in [-0.05, 0) is 25.0 Å². The molecule has 0 saturated carbocycles. The van der Waals surface area contributed by atoms with Crippen LogP contribution in [0.2, 0.25) is 0 Å². The first-order chi connectivity index (χ1) is 12.4. The highest BCUT2D eigenvalue weighted by atomic mass is 16.2. The number of likely N-dealkylation sites (N-methyl/N-ethyl adjacent to an activating group) is 1. The summed E-state index contributed by atoms with van der Waals surface area (Å²) in [4.78, 5) is 46.3. The molecule has 3 saturated heterocycles. The zero-order valence-corrected chi connectivity index (χ0v) is 14.9. The van der Waals surface area contributed by atoms with Gasteiger partial charge in [0.1, 0.15) is 18.3 Å². The molecule has 1 aromatic heterocycles. The number of hydrogen-bond donors (Lipinski definition) is 0. The predicted octanol–water partition coefficient (Wildman–Crippen LogP) is 0.104. The van der Waals surface area contributed by atoms with Gasteiger partial charge in [0.15, 0.2) is 0 Å². The van der Waals surface area contributed by atoms with Gasteiger partial charge in [-0.15, -0.1) is 0 Å². The normalized spacial score (nSPS) is 22.0. The van der Waals surface area contributed by atoms with Gasteiger partial charge in [0, 0.05) is 39.4 Å². The van der Waals surface area contributed by atoms with E-state index in [-0.39, 0.29) is 41.9 Å². The maximum absolute atomic E-state index is 12.8. The van der Waals surface area contributed by atoms with Crippen LogP contribution in [0.15, 0.2) is 18.3 Å². The Morgan fingerprint density at radius 1 is 1.31 bits per heavy atom. The molecule has 2 atom stereocenters. The van der Waals surface area contributed by atoms with E-state index in [0.717, 1.165) is 12.8 Å². The molecule has 0 aliphatic carbocycles. The lowest BCUT2D eigenvalue weighted by Crippen LogP contribution is -2.51. The van der Waals surface area contributed by atoms with Crippen LogP contribution in [0.4, 0.5) is 0 Å². The van der Waals surface area contributed by atoms with Crippen molar-refractivity contribution in [2.75, 3.05) is 33.7 Å². The van der Waals surface area contributed by atoms with Crippen LogP contribution in [0, 0.1) is 17.2 Å². The second kappa shape index (κ2) is 7.12. The minimum Gasteiger partial charge on any atom is -0.347 e. The average molecular weight is 355 g/mol. The highest BCUT2D eigenvalue weighted by molar-refractivity contribution is 5.95. The Labute approximate surface area is 152 Å². The van der Waals surface area contributed by atoms with Crippen LogP contribution in [0.25, 0.3) is 0 Å². The maximum atomic E-state index is 12.8. The number of hydrogen-bond acceptors (Lipinski definition) is 5. The lowest BCUT2D eigenvalue weighted by atomic mass is 9.94. The fourth-order valence-corrected chi connectivity index (χ4v) is 3.47. The Bertz CT molecular complexity index is 768. The van der Waals surface area contributed by atoms with Crippen molar-refractivity contribution in [3.63, 3.8) is 0 Å². The third-order valence-corrected chi connectivity index (χ3v) is 5.01. The molecule has 3 fully saturated rings. The molecular weight excluding hydrogens is 334 g/mol. The zero-order valence-electron chi connectivity index (χ0n) is 14.9. The Morgan fingerprint density at radius 2 is 2.08 bits per heavy atom. The number of fused-ring (bicyclic) bond motifs is 4. The number of amides is 3. The second-order valence-corrected chi connectivity index (χ2v) is 6.94. The minimum atomic E-state index is -0.279. The Kier molecular flexibility index (Phi) is 4.89. The van der Waals surface area contributed by atoms with Crippen molar-refractivity contribution in [2.24, 2.45) is 5.92 Å². The summed E-state index contributed by atoms with van der Waals surface area (Å²) in [6, 6.07) is 4.86. The molecule has 4 heterocycles. The van der Waals surface area contributed by atoms with E-state index >= 15 is 0 Å². The quantitative estimate of drug-likeness (QED) is 0.766. The van der Waals surface area contributed by atoms with Crippen molar-refractivity contribution in [3.8, 4) is 6.07 Å². The second-order valence-electron chi connectivity index (χ2n) is 6.94. The van der Waals surface area contributed by atoms with E-state index in [0.29, 0.717) is 18.7 Å². The average Bonchev–Trinajstić information content (AvgIpc) is 2.93. The van der Waals surface area contributed by atoms with Crippen molar-refractivity contribution in [2.45, 2.75) is 18.9 Å². The summed E-state index contributed by atoms with van der Waals surface area (Å²) in [5.74, 6) is -0.656. The van der Waals surface area contributed by atoms with Crippen molar-refractivity contribution in [3.05, 3.63) is 29.6 Å². The molecular formula is C18H21N5O3. The van der Waals surface area contributed by atoms with Gasteiger partial charge in [-0.25, -0.2) is 4.98 Å². The van der Waals surface area contributed by atoms with E-state index in [2.05, 4.69) is 4.98 Å². The third kappa shape index (κ3) is 3.38. The van der Waals surface area contributed by atoms with Crippen LogP contribution in [0.3, 0.4) is 0 Å². The molecule has 0 radical (unpaired) electrons. The van der Waals surface area contributed by atoms with E-state index in [1.807, 2.05) is 6.07 Å². The van der Waals surface area contributed by atoms with Gasteiger partial charge in [-0.2, -0.15) is 5.26 Å². The van der Waals surface area contributed by atoms with Crippen molar-refractivity contribution >= 4 is 17.7 Å². The molecule has 3 amide bonds. The number of nitrogens with zero attached hydrogens (tertiary/aromatic N) is 5. The van der Waals surface area contributed by atoms with E-state index in [1.54, 1.807) is 30.0 Å². The molecule has 8 heteroatoms. The van der Waals surface area contributed by atoms with Gasteiger partial charge in [0.25, 0.3) is 5.91 Å². The first-order valence-corrected chi connectivity index (χ1v) is 8.56.